The molecule has 1 fully saturated rings. The highest BCUT2D eigenvalue weighted by Crippen LogP contribution is 1.91. The van der Waals surface area contributed by atoms with Gasteiger partial charge in [-0.2, -0.15) is 0 Å². The lowest BCUT2D eigenvalue weighted by atomic mass is 10.4. The summed E-state index contributed by atoms with van der Waals surface area (Å²) in [6.45, 7) is 4.87. The molecule has 0 saturated carbocycles. The van der Waals surface area contributed by atoms with E-state index in [0.717, 1.165) is 26.2 Å². The van der Waals surface area contributed by atoms with Gasteiger partial charge >= 0.3 is 0 Å². The Kier molecular flexibility index (Phi) is 2.05. The van der Waals surface area contributed by atoms with Crippen molar-refractivity contribution in [3.8, 4) is 0 Å². The van der Waals surface area contributed by atoms with Crippen LogP contribution in [0, 0.1) is 0 Å². The van der Waals surface area contributed by atoms with E-state index in [-0.39, 0.29) is 5.91 Å². The number of rotatable bonds is 0. The Hall–Kier alpha value is -0.570. The second-order valence-electron chi connectivity index (χ2n) is 2.18. The van der Waals surface area contributed by atoms with Crippen LogP contribution < -0.4 is 5.32 Å². The van der Waals surface area contributed by atoms with E-state index in [4.69, 9.17) is 0 Å². The van der Waals surface area contributed by atoms with Gasteiger partial charge in [-0.1, -0.05) is 0 Å². The highest BCUT2D eigenvalue weighted by molar-refractivity contribution is 5.73. The van der Waals surface area contributed by atoms with Gasteiger partial charge in [0, 0.05) is 33.1 Å². The first-order chi connectivity index (χ1) is 4.30. The predicted molar refractivity (Wildman–Crippen MR) is 34.1 cm³/mol. The van der Waals surface area contributed by atoms with Gasteiger partial charge in [0.2, 0.25) is 5.91 Å². The van der Waals surface area contributed by atoms with Crippen molar-refractivity contribution in [3.63, 3.8) is 0 Å². The van der Waals surface area contributed by atoms with Crippen molar-refractivity contribution in [3.05, 3.63) is 0 Å². The van der Waals surface area contributed by atoms with Gasteiger partial charge < -0.3 is 4.90 Å². The van der Waals surface area contributed by atoms with Crippen LogP contribution in [0.2, 0.25) is 0 Å². The summed E-state index contributed by atoms with van der Waals surface area (Å²) >= 11 is 0. The molecule has 3 nitrogen and oxygen atoms in total. The molecule has 1 heterocycles. The zero-order valence-electron chi connectivity index (χ0n) is 5.63. The van der Waals surface area contributed by atoms with Gasteiger partial charge in [-0.15, -0.1) is 0 Å². The summed E-state index contributed by atoms with van der Waals surface area (Å²) < 4.78 is 0. The molecule has 1 radical (unpaired) electrons. The predicted octanol–water partition coefficient (Wildman–Crippen LogP) is -0.547. The van der Waals surface area contributed by atoms with Crippen LogP contribution >= 0.6 is 0 Å². The summed E-state index contributed by atoms with van der Waals surface area (Å²) in [6, 6.07) is 0. The smallest absolute Gasteiger partial charge is 0.219 e. The Morgan fingerprint density at radius 2 is 2.00 bits per heavy atom. The molecule has 1 aliphatic rings. The number of piperazine rings is 1. The van der Waals surface area contributed by atoms with Gasteiger partial charge in [0.25, 0.3) is 0 Å². The molecule has 0 bridgehead atoms. The fraction of sp³-hybridized carbons (Fsp3) is 0.833. The summed E-state index contributed by atoms with van der Waals surface area (Å²) in [7, 11) is 0. The van der Waals surface area contributed by atoms with E-state index >= 15 is 0 Å². The molecule has 0 N–H and O–H groups in total. The van der Waals surface area contributed by atoms with Gasteiger partial charge in [-0.25, -0.2) is 5.32 Å². The third-order valence-corrected chi connectivity index (χ3v) is 1.50. The lowest BCUT2D eigenvalue weighted by Gasteiger charge is -2.24. The Morgan fingerprint density at radius 3 is 2.33 bits per heavy atom. The van der Waals surface area contributed by atoms with E-state index in [9.17, 15) is 4.79 Å². The number of nitrogens with zero attached hydrogens (tertiary/aromatic N) is 2. The molecule has 1 aliphatic heterocycles. The van der Waals surface area contributed by atoms with E-state index in [1.807, 2.05) is 4.90 Å². The first-order valence-electron chi connectivity index (χ1n) is 3.19. The molecule has 0 atom stereocenters. The molecule has 1 saturated heterocycles. The minimum Gasteiger partial charge on any atom is -0.340 e. The molecule has 1 amide bonds. The van der Waals surface area contributed by atoms with E-state index in [0.29, 0.717) is 0 Å². The van der Waals surface area contributed by atoms with E-state index in [1.54, 1.807) is 6.92 Å². The monoisotopic (exact) mass is 127 g/mol. The van der Waals surface area contributed by atoms with Gasteiger partial charge in [-0.05, 0) is 0 Å². The van der Waals surface area contributed by atoms with Crippen LogP contribution in [-0.2, 0) is 4.79 Å². The summed E-state index contributed by atoms with van der Waals surface area (Å²) in [5, 5.41) is 4.12. The van der Waals surface area contributed by atoms with Crippen LogP contribution in [0.5, 0.6) is 0 Å². The van der Waals surface area contributed by atoms with Crippen LogP contribution in [0.1, 0.15) is 6.92 Å². The van der Waals surface area contributed by atoms with Crippen LogP contribution in [0.15, 0.2) is 0 Å². The number of carbonyl (C=O) groups is 1. The molecule has 9 heavy (non-hydrogen) atoms. The molecule has 0 unspecified atom stereocenters. The van der Waals surface area contributed by atoms with Crippen LogP contribution in [0.25, 0.3) is 0 Å². The molecule has 0 aromatic carbocycles. The zero-order valence-corrected chi connectivity index (χ0v) is 5.63. The van der Waals surface area contributed by atoms with E-state index in [2.05, 4.69) is 5.32 Å². The third kappa shape index (κ3) is 1.68. The van der Waals surface area contributed by atoms with Gasteiger partial charge in [0.15, 0.2) is 0 Å². The van der Waals surface area contributed by atoms with Crippen molar-refractivity contribution in [1.82, 2.24) is 10.2 Å². The van der Waals surface area contributed by atoms with Gasteiger partial charge in [0.1, 0.15) is 0 Å². The maximum atomic E-state index is 10.7. The second-order valence-corrected chi connectivity index (χ2v) is 2.18. The highest BCUT2D eigenvalue weighted by Gasteiger charge is 2.11. The number of hydrogen-bond acceptors (Lipinski definition) is 1. The average molecular weight is 127 g/mol. The largest absolute Gasteiger partial charge is 0.340 e. The molecule has 0 aromatic rings. The SMILES string of the molecule is CC(=O)N1CC[N]CC1. The summed E-state index contributed by atoms with van der Waals surface area (Å²) in [5.74, 6) is 0.171. The van der Waals surface area contributed by atoms with Crippen molar-refractivity contribution < 1.29 is 4.79 Å². The summed E-state index contributed by atoms with van der Waals surface area (Å²) in [4.78, 5) is 12.5. The number of amides is 1. The van der Waals surface area contributed by atoms with Gasteiger partial charge in [0.05, 0.1) is 0 Å². The molecule has 0 spiro atoms. The van der Waals surface area contributed by atoms with Crippen molar-refractivity contribution in [2.45, 2.75) is 6.92 Å². The fourth-order valence-corrected chi connectivity index (χ4v) is 0.921. The van der Waals surface area contributed by atoms with E-state index in [1.165, 1.54) is 0 Å². The van der Waals surface area contributed by atoms with Crippen molar-refractivity contribution in [1.29, 1.82) is 0 Å². The molecule has 0 aliphatic carbocycles. The molecule has 3 heteroatoms. The Morgan fingerprint density at radius 1 is 1.44 bits per heavy atom. The minimum atomic E-state index is 0.171. The Bertz CT molecular complexity index is 108. The van der Waals surface area contributed by atoms with Crippen molar-refractivity contribution >= 4 is 5.91 Å². The quantitative estimate of drug-likeness (QED) is 0.430. The van der Waals surface area contributed by atoms with Crippen LogP contribution in [0.4, 0.5) is 0 Å². The molecular weight excluding hydrogens is 116 g/mol. The standard InChI is InChI=1S/C6H11N2O/c1-6(9)8-4-2-7-3-5-8/h2-5H2,1H3. The second kappa shape index (κ2) is 2.82. The van der Waals surface area contributed by atoms with Crippen molar-refractivity contribution in [2.24, 2.45) is 0 Å². The van der Waals surface area contributed by atoms with E-state index < -0.39 is 0 Å². The van der Waals surface area contributed by atoms with Crippen LogP contribution in [-0.4, -0.2) is 37.0 Å². The number of hydrogen-bond donors (Lipinski definition) is 0. The highest BCUT2D eigenvalue weighted by atomic mass is 16.2. The molecule has 1 rings (SSSR count). The normalized spacial score (nSPS) is 19.9. The lowest BCUT2D eigenvalue weighted by molar-refractivity contribution is -0.129. The number of carbonyl (C=O) groups excluding carboxylic acids is 1. The summed E-state index contributed by atoms with van der Waals surface area (Å²) in [6.07, 6.45) is 0. The zero-order chi connectivity index (χ0) is 6.69. The lowest BCUT2D eigenvalue weighted by Crippen LogP contribution is -2.42. The fourth-order valence-electron chi connectivity index (χ4n) is 0.921. The molecule has 0 aromatic heterocycles. The summed E-state index contributed by atoms with van der Waals surface area (Å²) in [5.41, 5.74) is 0. The van der Waals surface area contributed by atoms with Gasteiger partial charge in [-0.3, -0.25) is 4.79 Å². The molecule has 51 valence electrons. The first-order valence-corrected chi connectivity index (χ1v) is 3.19. The topological polar surface area (TPSA) is 34.4 Å². The minimum absolute atomic E-state index is 0.171. The maximum absolute atomic E-state index is 10.7. The van der Waals surface area contributed by atoms with Crippen LogP contribution in [0.3, 0.4) is 0 Å². The third-order valence-electron chi connectivity index (χ3n) is 1.50. The molecular formula is C6H11N2O. The maximum Gasteiger partial charge on any atom is 0.219 e. The average Bonchev–Trinajstić information content (AvgIpc) is 1.90. The van der Waals surface area contributed by atoms with Crippen molar-refractivity contribution in [2.75, 3.05) is 26.2 Å². The Balaban J connectivity index is 2.31. The first kappa shape index (κ1) is 6.55. The Labute approximate surface area is 55.0 Å².